The van der Waals surface area contributed by atoms with E-state index in [9.17, 15) is 0 Å². The zero-order valence-electron chi connectivity index (χ0n) is 11.5. The molecule has 0 bridgehead atoms. The normalized spacial score (nSPS) is 15.9. The van der Waals surface area contributed by atoms with Crippen molar-refractivity contribution in [2.45, 2.75) is 25.0 Å². The van der Waals surface area contributed by atoms with E-state index in [1.807, 2.05) is 7.05 Å². The van der Waals surface area contributed by atoms with Crippen LogP contribution in [0.5, 0.6) is 5.75 Å². The summed E-state index contributed by atoms with van der Waals surface area (Å²) in [4.78, 5) is 0. The van der Waals surface area contributed by atoms with Gasteiger partial charge in [-0.2, -0.15) is 0 Å². The first kappa shape index (κ1) is 13.9. The second kappa shape index (κ2) is 6.14. The van der Waals surface area contributed by atoms with Gasteiger partial charge in [0.2, 0.25) is 0 Å². The summed E-state index contributed by atoms with van der Waals surface area (Å²) in [6.07, 6.45) is 2.85. The molecule has 3 rings (SSSR count). The van der Waals surface area contributed by atoms with Gasteiger partial charge in [0, 0.05) is 3.57 Å². The van der Waals surface area contributed by atoms with Crippen LogP contribution in [0.1, 0.15) is 30.0 Å². The molecule has 2 aromatic carbocycles. The summed E-state index contributed by atoms with van der Waals surface area (Å²) in [6.45, 7) is 0. The van der Waals surface area contributed by atoms with Gasteiger partial charge in [-0.15, -0.1) is 0 Å². The van der Waals surface area contributed by atoms with Gasteiger partial charge in [0.1, 0.15) is 5.75 Å². The van der Waals surface area contributed by atoms with Crippen molar-refractivity contribution in [2.75, 3.05) is 7.05 Å². The van der Waals surface area contributed by atoms with Gasteiger partial charge < -0.3 is 10.1 Å². The van der Waals surface area contributed by atoms with E-state index in [1.165, 1.54) is 27.5 Å². The average molecular weight is 379 g/mol. The standard InChI is InChI=1S/C17H18INO/c1-19-17(12-2-6-14(18)7-3-12)13-4-8-15(9-5-13)20-16-10-11-16/h2-9,16-17,19H,10-11H2,1H3. The van der Waals surface area contributed by atoms with E-state index < -0.39 is 0 Å². The molecule has 0 amide bonds. The molecule has 0 spiro atoms. The topological polar surface area (TPSA) is 21.3 Å². The van der Waals surface area contributed by atoms with Gasteiger partial charge >= 0.3 is 0 Å². The van der Waals surface area contributed by atoms with E-state index in [-0.39, 0.29) is 6.04 Å². The molecule has 0 aromatic heterocycles. The van der Waals surface area contributed by atoms with Gasteiger partial charge in [0.05, 0.1) is 12.1 Å². The molecule has 1 unspecified atom stereocenters. The maximum absolute atomic E-state index is 5.79. The molecule has 3 heteroatoms. The van der Waals surface area contributed by atoms with Crippen LogP contribution in [0.3, 0.4) is 0 Å². The van der Waals surface area contributed by atoms with Crippen LogP contribution >= 0.6 is 22.6 Å². The molecule has 1 aliphatic rings. The Kier molecular flexibility index (Phi) is 4.27. The third kappa shape index (κ3) is 3.33. The minimum Gasteiger partial charge on any atom is -0.490 e. The fourth-order valence-corrected chi connectivity index (χ4v) is 2.66. The molecule has 2 aromatic rings. The highest BCUT2D eigenvalue weighted by Gasteiger charge is 2.23. The van der Waals surface area contributed by atoms with Gasteiger partial charge in [-0.05, 0) is 77.9 Å². The van der Waals surface area contributed by atoms with Gasteiger partial charge in [-0.1, -0.05) is 24.3 Å². The lowest BCUT2D eigenvalue weighted by atomic mass is 9.99. The molecule has 0 heterocycles. The highest BCUT2D eigenvalue weighted by atomic mass is 127. The molecule has 20 heavy (non-hydrogen) atoms. The Labute approximate surface area is 133 Å². The third-order valence-corrected chi connectivity index (χ3v) is 4.25. The number of hydrogen-bond acceptors (Lipinski definition) is 2. The Balaban J connectivity index is 1.79. The molecule has 0 radical (unpaired) electrons. The minimum absolute atomic E-state index is 0.224. The van der Waals surface area contributed by atoms with E-state index >= 15 is 0 Å². The Morgan fingerprint density at radius 3 is 2.05 bits per heavy atom. The number of halogens is 1. The van der Waals surface area contributed by atoms with Crippen LogP contribution < -0.4 is 10.1 Å². The number of hydrogen-bond donors (Lipinski definition) is 1. The fourth-order valence-electron chi connectivity index (χ4n) is 2.30. The SMILES string of the molecule is CNC(c1ccc(I)cc1)c1ccc(OC2CC2)cc1. The monoisotopic (exact) mass is 379 g/mol. The van der Waals surface area contributed by atoms with Crippen LogP contribution in [-0.2, 0) is 0 Å². The summed E-state index contributed by atoms with van der Waals surface area (Å²) < 4.78 is 7.05. The Morgan fingerprint density at radius 1 is 1.00 bits per heavy atom. The molecular formula is C17H18INO. The molecule has 2 nitrogen and oxygen atoms in total. The number of rotatable bonds is 5. The van der Waals surface area contributed by atoms with Gasteiger partial charge in [-0.25, -0.2) is 0 Å². The molecular weight excluding hydrogens is 361 g/mol. The summed E-state index contributed by atoms with van der Waals surface area (Å²) in [5.41, 5.74) is 2.54. The molecule has 1 aliphatic carbocycles. The first-order valence-corrected chi connectivity index (χ1v) is 8.03. The van der Waals surface area contributed by atoms with E-state index in [1.54, 1.807) is 0 Å². The summed E-state index contributed by atoms with van der Waals surface area (Å²) in [6, 6.07) is 17.3. The lowest BCUT2D eigenvalue weighted by Crippen LogP contribution is -2.17. The molecule has 1 saturated carbocycles. The van der Waals surface area contributed by atoms with Crippen molar-refractivity contribution in [1.29, 1.82) is 0 Å². The highest BCUT2D eigenvalue weighted by molar-refractivity contribution is 14.1. The largest absolute Gasteiger partial charge is 0.490 e. The van der Waals surface area contributed by atoms with Crippen molar-refractivity contribution in [3.8, 4) is 5.75 Å². The van der Waals surface area contributed by atoms with E-state index in [4.69, 9.17) is 4.74 Å². The minimum atomic E-state index is 0.224. The quantitative estimate of drug-likeness (QED) is 0.789. The summed E-state index contributed by atoms with van der Waals surface area (Å²) in [5.74, 6) is 0.980. The predicted octanol–water partition coefficient (Wildman–Crippen LogP) is 4.14. The molecule has 0 aliphatic heterocycles. The molecule has 1 N–H and O–H groups in total. The van der Waals surface area contributed by atoms with Crippen LogP contribution in [0.15, 0.2) is 48.5 Å². The smallest absolute Gasteiger partial charge is 0.119 e. The molecule has 0 saturated heterocycles. The van der Waals surface area contributed by atoms with Crippen molar-refractivity contribution in [1.82, 2.24) is 5.32 Å². The van der Waals surface area contributed by atoms with Gasteiger partial charge in [0.25, 0.3) is 0 Å². The lowest BCUT2D eigenvalue weighted by Gasteiger charge is -2.18. The van der Waals surface area contributed by atoms with Crippen molar-refractivity contribution >= 4 is 22.6 Å². The van der Waals surface area contributed by atoms with Crippen LogP contribution in [-0.4, -0.2) is 13.2 Å². The van der Waals surface area contributed by atoms with Crippen LogP contribution in [0, 0.1) is 3.57 Å². The number of benzene rings is 2. The first-order chi connectivity index (χ1) is 9.76. The van der Waals surface area contributed by atoms with E-state index in [0.717, 1.165) is 5.75 Å². The van der Waals surface area contributed by atoms with Crippen molar-refractivity contribution in [3.05, 3.63) is 63.2 Å². The van der Waals surface area contributed by atoms with E-state index in [0.29, 0.717) is 6.10 Å². The lowest BCUT2D eigenvalue weighted by molar-refractivity contribution is 0.303. The maximum atomic E-state index is 5.79. The average Bonchev–Trinajstić information content (AvgIpc) is 3.27. The highest BCUT2D eigenvalue weighted by Crippen LogP contribution is 2.29. The Bertz CT molecular complexity index is 561. The van der Waals surface area contributed by atoms with Crippen molar-refractivity contribution < 1.29 is 4.74 Å². The zero-order valence-corrected chi connectivity index (χ0v) is 13.6. The molecule has 1 fully saturated rings. The summed E-state index contributed by atoms with van der Waals surface area (Å²) >= 11 is 2.33. The maximum Gasteiger partial charge on any atom is 0.119 e. The summed E-state index contributed by atoms with van der Waals surface area (Å²) in [7, 11) is 2.00. The fraction of sp³-hybridized carbons (Fsp3) is 0.294. The first-order valence-electron chi connectivity index (χ1n) is 6.95. The van der Waals surface area contributed by atoms with Crippen LogP contribution in [0.2, 0.25) is 0 Å². The summed E-state index contributed by atoms with van der Waals surface area (Å²) in [5, 5.41) is 3.38. The number of nitrogens with one attached hydrogen (secondary N) is 1. The second-order valence-electron chi connectivity index (χ2n) is 5.16. The predicted molar refractivity (Wildman–Crippen MR) is 90.2 cm³/mol. The van der Waals surface area contributed by atoms with Crippen molar-refractivity contribution in [3.63, 3.8) is 0 Å². The Hall–Kier alpha value is -1.07. The Morgan fingerprint density at radius 2 is 1.55 bits per heavy atom. The van der Waals surface area contributed by atoms with E-state index in [2.05, 4.69) is 76.4 Å². The van der Waals surface area contributed by atoms with Gasteiger partial charge in [0.15, 0.2) is 0 Å². The molecule has 1 atom stereocenters. The zero-order chi connectivity index (χ0) is 13.9. The molecule has 104 valence electrons. The van der Waals surface area contributed by atoms with Crippen LogP contribution in [0.25, 0.3) is 0 Å². The van der Waals surface area contributed by atoms with Crippen LogP contribution in [0.4, 0.5) is 0 Å². The third-order valence-electron chi connectivity index (χ3n) is 3.53. The van der Waals surface area contributed by atoms with Gasteiger partial charge in [-0.3, -0.25) is 0 Å². The number of ether oxygens (including phenoxy) is 1. The van der Waals surface area contributed by atoms with Crippen molar-refractivity contribution in [2.24, 2.45) is 0 Å². The second-order valence-corrected chi connectivity index (χ2v) is 6.41.